The number of ether oxygens (including phenoxy) is 2. The van der Waals surface area contributed by atoms with Gasteiger partial charge >= 0.3 is 5.97 Å². The highest BCUT2D eigenvalue weighted by Gasteiger charge is 2.48. The number of benzene rings is 1. The molecule has 0 radical (unpaired) electrons. The molecule has 0 spiro atoms. The molecule has 1 saturated carbocycles. The third-order valence-corrected chi connectivity index (χ3v) is 5.26. The van der Waals surface area contributed by atoms with E-state index in [1.54, 1.807) is 24.3 Å². The molecule has 0 unspecified atom stereocenters. The normalized spacial score (nSPS) is 22.4. The van der Waals surface area contributed by atoms with Gasteiger partial charge in [0.05, 0.1) is 24.6 Å². The largest absolute Gasteiger partial charge is 0.495 e. The van der Waals surface area contributed by atoms with Crippen LogP contribution in [0.2, 0.25) is 0 Å². The molecule has 1 aliphatic carbocycles. The summed E-state index contributed by atoms with van der Waals surface area (Å²) in [5, 5.41) is 2.63. The number of rotatable bonds is 6. The Hall–Kier alpha value is -2.90. The smallest absolute Gasteiger partial charge is 0.326 e. The van der Waals surface area contributed by atoms with Gasteiger partial charge in [0.25, 0.3) is 5.91 Å². The van der Waals surface area contributed by atoms with Crippen LogP contribution < -0.4 is 10.1 Å². The molecule has 1 aromatic carbocycles. The number of nitrogens with one attached hydrogen (secondary N) is 1. The van der Waals surface area contributed by atoms with Crippen molar-refractivity contribution in [3.63, 3.8) is 0 Å². The Kier molecular flexibility index (Phi) is 5.96. The zero-order valence-electron chi connectivity index (χ0n) is 16.0. The first-order valence-corrected chi connectivity index (χ1v) is 9.41. The second-order valence-corrected chi connectivity index (χ2v) is 7.08. The van der Waals surface area contributed by atoms with Crippen molar-refractivity contribution in [2.75, 3.05) is 19.0 Å². The number of amides is 3. The van der Waals surface area contributed by atoms with Gasteiger partial charge in [-0.2, -0.15) is 0 Å². The van der Waals surface area contributed by atoms with Crippen LogP contribution in [0.25, 0.3) is 0 Å². The van der Waals surface area contributed by atoms with Gasteiger partial charge in [-0.25, -0.2) is 0 Å². The number of hydrogen-bond donors (Lipinski definition) is 1. The predicted octanol–water partition coefficient (Wildman–Crippen LogP) is 1.74. The standard InChI is InChI=1S/C20H24N2O6/c1-12(18(24)21-15-9-5-6-10-16(15)27-2)28-17(23)11-22-19(25)13-7-3-4-8-14(13)20(22)26/h5-6,9-10,12-14H,3-4,7-8,11H2,1-2H3,(H,21,24)/t12-,13-,14+/m1/s1. The summed E-state index contributed by atoms with van der Waals surface area (Å²) in [5.74, 6) is -2.10. The number of esters is 1. The third-order valence-electron chi connectivity index (χ3n) is 5.26. The summed E-state index contributed by atoms with van der Waals surface area (Å²) in [4.78, 5) is 50.3. The van der Waals surface area contributed by atoms with E-state index in [0.717, 1.165) is 17.7 Å². The summed E-state index contributed by atoms with van der Waals surface area (Å²) in [7, 11) is 1.48. The quantitative estimate of drug-likeness (QED) is 0.588. The van der Waals surface area contributed by atoms with E-state index in [2.05, 4.69) is 5.32 Å². The molecule has 28 heavy (non-hydrogen) atoms. The number of imide groups is 1. The number of para-hydroxylation sites is 2. The van der Waals surface area contributed by atoms with Crippen molar-refractivity contribution in [2.45, 2.75) is 38.7 Å². The van der Waals surface area contributed by atoms with Crippen LogP contribution in [0, 0.1) is 11.8 Å². The zero-order chi connectivity index (χ0) is 20.3. The number of hydrogen-bond acceptors (Lipinski definition) is 6. The van der Waals surface area contributed by atoms with E-state index in [9.17, 15) is 19.2 Å². The fraction of sp³-hybridized carbons (Fsp3) is 0.500. The summed E-state index contributed by atoms with van der Waals surface area (Å²) in [6.07, 6.45) is 2.10. The Morgan fingerprint density at radius 2 is 1.75 bits per heavy atom. The Morgan fingerprint density at radius 3 is 2.36 bits per heavy atom. The van der Waals surface area contributed by atoms with Crippen molar-refractivity contribution in [3.05, 3.63) is 24.3 Å². The van der Waals surface area contributed by atoms with Gasteiger partial charge in [-0.3, -0.25) is 24.1 Å². The van der Waals surface area contributed by atoms with E-state index in [1.807, 2.05) is 0 Å². The lowest BCUT2D eigenvalue weighted by molar-refractivity contribution is -0.158. The van der Waals surface area contributed by atoms with Crippen molar-refractivity contribution >= 4 is 29.4 Å². The zero-order valence-corrected chi connectivity index (χ0v) is 16.0. The highest BCUT2D eigenvalue weighted by molar-refractivity contribution is 6.07. The summed E-state index contributed by atoms with van der Waals surface area (Å²) >= 11 is 0. The molecule has 0 aromatic heterocycles. The lowest BCUT2D eigenvalue weighted by atomic mass is 9.81. The molecular weight excluding hydrogens is 364 g/mol. The van der Waals surface area contributed by atoms with Crippen molar-refractivity contribution in [3.8, 4) is 5.75 Å². The summed E-state index contributed by atoms with van der Waals surface area (Å²) in [6, 6.07) is 6.85. The molecular formula is C20H24N2O6. The van der Waals surface area contributed by atoms with E-state index in [1.165, 1.54) is 14.0 Å². The third kappa shape index (κ3) is 4.00. The fourth-order valence-corrected chi connectivity index (χ4v) is 3.79. The van der Waals surface area contributed by atoms with Crippen LogP contribution in [-0.4, -0.2) is 48.3 Å². The Morgan fingerprint density at radius 1 is 1.14 bits per heavy atom. The number of fused-ring (bicyclic) bond motifs is 1. The highest BCUT2D eigenvalue weighted by atomic mass is 16.5. The highest BCUT2D eigenvalue weighted by Crippen LogP contribution is 2.37. The monoisotopic (exact) mass is 388 g/mol. The van der Waals surface area contributed by atoms with Crippen LogP contribution in [0.3, 0.4) is 0 Å². The van der Waals surface area contributed by atoms with E-state index in [0.29, 0.717) is 24.3 Å². The molecule has 3 rings (SSSR count). The first-order valence-electron chi connectivity index (χ1n) is 9.41. The molecule has 150 valence electrons. The first-order chi connectivity index (χ1) is 13.4. The van der Waals surface area contributed by atoms with Gasteiger partial charge in [-0.1, -0.05) is 25.0 Å². The minimum atomic E-state index is -1.09. The summed E-state index contributed by atoms with van der Waals surface area (Å²) in [5.41, 5.74) is 0.451. The van der Waals surface area contributed by atoms with E-state index < -0.39 is 24.5 Å². The second-order valence-electron chi connectivity index (χ2n) is 7.08. The van der Waals surface area contributed by atoms with Crippen LogP contribution in [0.5, 0.6) is 5.75 Å². The summed E-state index contributed by atoms with van der Waals surface area (Å²) < 4.78 is 10.3. The molecule has 1 aromatic rings. The molecule has 1 saturated heterocycles. The number of methoxy groups -OCH3 is 1. The molecule has 2 fully saturated rings. The minimum absolute atomic E-state index is 0.308. The van der Waals surface area contributed by atoms with Gasteiger partial charge in [-0.05, 0) is 31.9 Å². The first kappa shape index (κ1) is 19.9. The maximum absolute atomic E-state index is 12.4. The van der Waals surface area contributed by atoms with E-state index in [-0.39, 0.29) is 23.7 Å². The van der Waals surface area contributed by atoms with E-state index >= 15 is 0 Å². The molecule has 3 atom stereocenters. The Balaban J connectivity index is 1.56. The molecule has 8 nitrogen and oxygen atoms in total. The number of likely N-dealkylation sites (tertiary alicyclic amines) is 1. The average molecular weight is 388 g/mol. The van der Waals surface area contributed by atoms with Crippen molar-refractivity contribution in [1.29, 1.82) is 0 Å². The van der Waals surface area contributed by atoms with Crippen molar-refractivity contribution in [1.82, 2.24) is 4.90 Å². The lowest BCUT2D eigenvalue weighted by Gasteiger charge is -2.19. The maximum atomic E-state index is 12.4. The number of carbonyl (C=O) groups excluding carboxylic acids is 4. The number of carbonyl (C=O) groups is 4. The average Bonchev–Trinajstić information content (AvgIpc) is 2.93. The van der Waals surface area contributed by atoms with Crippen LogP contribution in [0.1, 0.15) is 32.6 Å². The number of anilines is 1. The Bertz CT molecular complexity index is 769. The molecule has 0 bridgehead atoms. The van der Waals surface area contributed by atoms with Crippen molar-refractivity contribution < 1.29 is 28.7 Å². The van der Waals surface area contributed by atoms with Gasteiger partial charge < -0.3 is 14.8 Å². The number of nitrogens with zero attached hydrogens (tertiary/aromatic N) is 1. The molecule has 1 heterocycles. The van der Waals surface area contributed by atoms with Crippen LogP contribution in [0.15, 0.2) is 24.3 Å². The van der Waals surface area contributed by atoms with Gasteiger partial charge in [0.1, 0.15) is 12.3 Å². The fourth-order valence-electron chi connectivity index (χ4n) is 3.79. The van der Waals surface area contributed by atoms with Gasteiger partial charge in [0.2, 0.25) is 11.8 Å². The van der Waals surface area contributed by atoms with Crippen LogP contribution >= 0.6 is 0 Å². The van der Waals surface area contributed by atoms with Gasteiger partial charge in [0, 0.05) is 0 Å². The maximum Gasteiger partial charge on any atom is 0.326 e. The molecule has 1 aliphatic heterocycles. The minimum Gasteiger partial charge on any atom is -0.495 e. The lowest BCUT2D eigenvalue weighted by Crippen LogP contribution is -2.39. The predicted molar refractivity (Wildman–Crippen MR) is 99.3 cm³/mol. The molecule has 3 amide bonds. The van der Waals surface area contributed by atoms with Gasteiger partial charge in [-0.15, -0.1) is 0 Å². The van der Waals surface area contributed by atoms with Crippen LogP contribution in [-0.2, 0) is 23.9 Å². The molecule has 2 aliphatic rings. The molecule has 8 heteroatoms. The Labute approximate surface area is 163 Å². The SMILES string of the molecule is COc1ccccc1NC(=O)[C@@H](C)OC(=O)CN1C(=O)[C@H]2CCCC[C@H]2C1=O. The van der Waals surface area contributed by atoms with Crippen LogP contribution in [0.4, 0.5) is 5.69 Å². The second kappa shape index (κ2) is 8.41. The van der Waals surface area contributed by atoms with E-state index in [4.69, 9.17) is 9.47 Å². The topological polar surface area (TPSA) is 102 Å². The molecule has 1 N–H and O–H groups in total. The summed E-state index contributed by atoms with van der Waals surface area (Å²) in [6.45, 7) is 0.965. The van der Waals surface area contributed by atoms with Crippen molar-refractivity contribution in [2.24, 2.45) is 11.8 Å². The van der Waals surface area contributed by atoms with Gasteiger partial charge in [0.15, 0.2) is 6.10 Å².